The fourth-order valence-corrected chi connectivity index (χ4v) is 2.49. The molecular formula is C16H21NO2. The minimum atomic E-state index is -0.185. The summed E-state index contributed by atoms with van der Waals surface area (Å²) in [5, 5.41) is 12.5. The lowest BCUT2D eigenvalue weighted by Gasteiger charge is -2.25. The molecule has 3 heteroatoms. The molecule has 0 spiro atoms. The molecule has 0 saturated heterocycles. The first kappa shape index (κ1) is 13.8. The number of carbonyl (C=O) groups excluding carboxylic acids is 1. The van der Waals surface area contributed by atoms with Crippen LogP contribution >= 0.6 is 0 Å². The molecule has 1 aliphatic carbocycles. The highest BCUT2D eigenvalue weighted by Gasteiger charge is 2.19. The lowest BCUT2D eigenvalue weighted by Crippen LogP contribution is -2.32. The first-order chi connectivity index (χ1) is 9.24. The second kappa shape index (κ2) is 7.10. The number of aliphatic hydroxyl groups excluding tert-OH is 1. The molecule has 1 fully saturated rings. The Morgan fingerprint density at radius 2 is 2.11 bits per heavy atom. The summed E-state index contributed by atoms with van der Waals surface area (Å²) < 4.78 is 0. The summed E-state index contributed by atoms with van der Waals surface area (Å²) in [6, 6.07) is 9.76. The number of aliphatic hydroxyl groups is 1. The number of hydrogen-bond acceptors (Lipinski definition) is 2. The highest BCUT2D eigenvalue weighted by atomic mass is 16.3. The van der Waals surface area contributed by atoms with Crippen LogP contribution in [0.5, 0.6) is 0 Å². The van der Waals surface area contributed by atoms with Crippen molar-refractivity contribution in [3.8, 4) is 0 Å². The van der Waals surface area contributed by atoms with Crippen LogP contribution in [-0.2, 0) is 4.79 Å². The maximum atomic E-state index is 11.7. The SMILES string of the molecule is O=C(C=Cc1ccccc1)NCC1CCCC(O)C1. The van der Waals surface area contributed by atoms with E-state index >= 15 is 0 Å². The van der Waals surface area contributed by atoms with E-state index in [0.29, 0.717) is 12.5 Å². The minimum absolute atomic E-state index is 0.0658. The number of hydrogen-bond donors (Lipinski definition) is 2. The highest BCUT2D eigenvalue weighted by molar-refractivity contribution is 5.91. The summed E-state index contributed by atoms with van der Waals surface area (Å²) in [6.07, 6.45) is 7.05. The largest absolute Gasteiger partial charge is 0.393 e. The average molecular weight is 259 g/mol. The molecule has 0 radical (unpaired) electrons. The smallest absolute Gasteiger partial charge is 0.244 e. The van der Waals surface area contributed by atoms with Crippen LogP contribution in [-0.4, -0.2) is 23.7 Å². The molecule has 2 rings (SSSR count). The van der Waals surface area contributed by atoms with Crippen molar-refractivity contribution in [2.45, 2.75) is 31.8 Å². The minimum Gasteiger partial charge on any atom is -0.393 e. The fourth-order valence-electron chi connectivity index (χ4n) is 2.49. The van der Waals surface area contributed by atoms with Crippen molar-refractivity contribution in [2.75, 3.05) is 6.54 Å². The summed E-state index contributed by atoms with van der Waals surface area (Å²) in [7, 11) is 0. The van der Waals surface area contributed by atoms with Crippen molar-refractivity contribution >= 4 is 12.0 Å². The molecule has 1 amide bonds. The van der Waals surface area contributed by atoms with Gasteiger partial charge in [-0.25, -0.2) is 0 Å². The van der Waals surface area contributed by atoms with E-state index in [1.807, 2.05) is 36.4 Å². The molecule has 19 heavy (non-hydrogen) atoms. The van der Waals surface area contributed by atoms with E-state index in [0.717, 1.165) is 31.2 Å². The molecular weight excluding hydrogens is 238 g/mol. The van der Waals surface area contributed by atoms with E-state index in [1.54, 1.807) is 6.08 Å². The van der Waals surface area contributed by atoms with E-state index in [-0.39, 0.29) is 12.0 Å². The van der Waals surface area contributed by atoms with E-state index in [9.17, 15) is 9.90 Å². The van der Waals surface area contributed by atoms with Crippen molar-refractivity contribution < 1.29 is 9.90 Å². The van der Waals surface area contributed by atoms with Gasteiger partial charge in [0, 0.05) is 12.6 Å². The van der Waals surface area contributed by atoms with Crippen LogP contribution in [0.1, 0.15) is 31.2 Å². The van der Waals surface area contributed by atoms with Gasteiger partial charge in [-0.2, -0.15) is 0 Å². The number of nitrogens with one attached hydrogen (secondary N) is 1. The van der Waals surface area contributed by atoms with Crippen LogP contribution in [0, 0.1) is 5.92 Å². The normalized spacial score (nSPS) is 23.4. The number of benzene rings is 1. The van der Waals surface area contributed by atoms with Gasteiger partial charge in [0.1, 0.15) is 0 Å². The average Bonchev–Trinajstić information content (AvgIpc) is 2.44. The van der Waals surface area contributed by atoms with Crippen molar-refractivity contribution in [3.63, 3.8) is 0 Å². The monoisotopic (exact) mass is 259 g/mol. The summed E-state index contributed by atoms with van der Waals surface area (Å²) in [5.41, 5.74) is 1.02. The molecule has 102 valence electrons. The van der Waals surface area contributed by atoms with Gasteiger partial charge in [0.05, 0.1) is 6.10 Å². The molecule has 1 aromatic carbocycles. The Bertz CT molecular complexity index is 428. The number of rotatable bonds is 4. The van der Waals surface area contributed by atoms with Crippen molar-refractivity contribution in [3.05, 3.63) is 42.0 Å². The quantitative estimate of drug-likeness (QED) is 0.816. The molecule has 0 aliphatic heterocycles. The van der Waals surface area contributed by atoms with Crippen molar-refractivity contribution in [1.82, 2.24) is 5.32 Å². The molecule has 1 aromatic rings. The first-order valence-electron chi connectivity index (χ1n) is 6.93. The first-order valence-corrected chi connectivity index (χ1v) is 6.93. The maximum absolute atomic E-state index is 11.7. The molecule has 2 atom stereocenters. The van der Waals surface area contributed by atoms with Gasteiger partial charge in [-0.05, 0) is 36.8 Å². The van der Waals surface area contributed by atoms with Crippen LogP contribution in [0.4, 0.5) is 0 Å². The molecule has 0 bridgehead atoms. The zero-order valence-corrected chi connectivity index (χ0v) is 11.1. The Morgan fingerprint density at radius 3 is 2.84 bits per heavy atom. The second-order valence-electron chi connectivity index (χ2n) is 5.18. The van der Waals surface area contributed by atoms with E-state index in [1.165, 1.54) is 0 Å². The van der Waals surface area contributed by atoms with Gasteiger partial charge in [-0.3, -0.25) is 4.79 Å². The Hall–Kier alpha value is -1.61. The molecule has 1 aliphatic rings. The van der Waals surface area contributed by atoms with Gasteiger partial charge >= 0.3 is 0 Å². The fraction of sp³-hybridized carbons (Fsp3) is 0.438. The Kier molecular flexibility index (Phi) is 5.16. The van der Waals surface area contributed by atoms with Gasteiger partial charge in [0.2, 0.25) is 5.91 Å². The van der Waals surface area contributed by atoms with Crippen LogP contribution in [0.15, 0.2) is 36.4 Å². The van der Waals surface area contributed by atoms with E-state index < -0.39 is 0 Å². The van der Waals surface area contributed by atoms with Crippen LogP contribution in [0.2, 0.25) is 0 Å². The Morgan fingerprint density at radius 1 is 1.32 bits per heavy atom. The standard InChI is InChI=1S/C16H21NO2/c18-15-8-4-7-14(11-15)12-17-16(19)10-9-13-5-2-1-3-6-13/h1-3,5-6,9-10,14-15,18H,4,7-8,11-12H2,(H,17,19). The molecule has 2 N–H and O–H groups in total. The molecule has 0 aromatic heterocycles. The van der Waals surface area contributed by atoms with Gasteiger partial charge in [0.25, 0.3) is 0 Å². The Balaban J connectivity index is 1.74. The molecule has 0 heterocycles. The van der Waals surface area contributed by atoms with Gasteiger partial charge in [-0.15, -0.1) is 0 Å². The zero-order chi connectivity index (χ0) is 13.5. The van der Waals surface area contributed by atoms with Crippen molar-refractivity contribution in [1.29, 1.82) is 0 Å². The zero-order valence-electron chi connectivity index (χ0n) is 11.1. The van der Waals surface area contributed by atoms with Crippen LogP contribution in [0.25, 0.3) is 6.08 Å². The Labute approximate surface area is 114 Å². The molecule has 2 unspecified atom stereocenters. The lowest BCUT2D eigenvalue weighted by molar-refractivity contribution is -0.116. The predicted octanol–water partition coefficient (Wildman–Crippen LogP) is 2.37. The summed E-state index contributed by atoms with van der Waals surface area (Å²) >= 11 is 0. The highest BCUT2D eigenvalue weighted by Crippen LogP contribution is 2.23. The third-order valence-electron chi connectivity index (χ3n) is 3.55. The van der Waals surface area contributed by atoms with Crippen molar-refractivity contribution in [2.24, 2.45) is 5.92 Å². The summed E-state index contributed by atoms with van der Waals surface area (Å²) in [5.74, 6) is 0.349. The van der Waals surface area contributed by atoms with Gasteiger partial charge in [0.15, 0.2) is 0 Å². The number of carbonyl (C=O) groups is 1. The molecule has 1 saturated carbocycles. The molecule has 3 nitrogen and oxygen atoms in total. The van der Waals surface area contributed by atoms with Gasteiger partial charge < -0.3 is 10.4 Å². The number of amides is 1. The topological polar surface area (TPSA) is 49.3 Å². The van der Waals surface area contributed by atoms with E-state index in [4.69, 9.17) is 0 Å². The summed E-state index contributed by atoms with van der Waals surface area (Å²) in [4.78, 5) is 11.7. The summed E-state index contributed by atoms with van der Waals surface area (Å²) in [6.45, 7) is 0.662. The predicted molar refractivity (Wildman–Crippen MR) is 76.5 cm³/mol. The van der Waals surface area contributed by atoms with Crippen LogP contribution in [0.3, 0.4) is 0 Å². The maximum Gasteiger partial charge on any atom is 0.244 e. The van der Waals surface area contributed by atoms with E-state index in [2.05, 4.69) is 5.32 Å². The third-order valence-corrected chi connectivity index (χ3v) is 3.55. The lowest BCUT2D eigenvalue weighted by atomic mass is 9.87. The van der Waals surface area contributed by atoms with Crippen LogP contribution < -0.4 is 5.32 Å². The second-order valence-corrected chi connectivity index (χ2v) is 5.18. The third kappa shape index (κ3) is 4.87. The van der Waals surface area contributed by atoms with Gasteiger partial charge in [-0.1, -0.05) is 36.8 Å².